The Hall–Kier alpha value is -0.970. The van der Waals surface area contributed by atoms with Crippen LogP contribution in [-0.2, 0) is 9.53 Å². The highest BCUT2D eigenvalue weighted by atomic mass is 16.6. The zero-order valence-corrected chi connectivity index (χ0v) is 8.72. The van der Waals surface area contributed by atoms with E-state index in [1.807, 2.05) is 13.8 Å². The predicted octanol–water partition coefficient (Wildman–Crippen LogP) is 2.52. The minimum Gasteiger partial charge on any atom is -0.446 e. The van der Waals surface area contributed by atoms with Gasteiger partial charge in [0.2, 0.25) is 0 Å². The van der Waals surface area contributed by atoms with Crippen LogP contribution in [0.1, 0.15) is 46.5 Å². The lowest BCUT2D eigenvalue weighted by molar-refractivity contribution is -0.153. The van der Waals surface area contributed by atoms with Crippen molar-refractivity contribution in [2.75, 3.05) is 0 Å². The first kappa shape index (κ1) is 12.0. The van der Waals surface area contributed by atoms with Gasteiger partial charge in [-0.25, -0.2) is 0 Å². The summed E-state index contributed by atoms with van der Waals surface area (Å²) in [6.07, 6.45) is 8.25. The van der Waals surface area contributed by atoms with Crippen molar-refractivity contribution in [2.45, 2.75) is 52.1 Å². The van der Waals surface area contributed by atoms with Crippen molar-refractivity contribution >= 4 is 5.97 Å². The molecule has 74 valence electrons. The van der Waals surface area contributed by atoms with E-state index in [0.29, 0.717) is 12.8 Å². The van der Waals surface area contributed by atoms with E-state index >= 15 is 0 Å². The van der Waals surface area contributed by atoms with E-state index in [4.69, 9.17) is 11.2 Å². The molecule has 2 nitrogen and oxygen atoms in total. The van der Waals surface area contributed by atoms with Crippen LogP contribution >= 0.6 is 0 Å². The van der Waals surface area contributed by atoms with Crippen molar-refractivity contribution in [1.29, 1.82) is 0 Å². The number of esters is 1. The first-order chi connectivity index (χ1) is 6.08. The largest absolute Gasteiger partial charge is 0.446 e. The molecule has 0 aliphatic carbocycles. The summed E-state index contributed by atoms with van der Waals surface area (Å²) < 4.78 is 5.16. The van der Waals surface area contributed by atoms with Crippen molar-refractivity contribution < 1.29 is 9.53 Å². The Kier molecular flexibility index (Phi) is 5.22. The fraction of sp³-hybridized carbons (Fsp3) is 0.727. The van der Waals surface area contributed by atoms with Crippen LogP contribution in [0.4, 0.5) is 0 Å². The van der Waals surface area contributed by atoms with E-state index < -0.39 is 5.60 Å². The number of ether oxygens (including phenoxy) is 1. The van der Waals surface area contributed by atoms with Crippen LogP contribution < -0.4 is 0 Å². The van der Waals surface area contributed by atoms with Crippen LogP contribution in [0.3, 0.4) is 0 Å². The summed E-state index contributed by atoms with van der Waals surface area (Å²) in [5.74, 6) is 2.30. The average Bonchev–Trinajstić information content (AvgIpc) is 2.14. The second-order valence-electron chi connectivity index (χ2n) is 3.31. The van der Waals surface area contributed by atoms with Crippen LogP contribution in [0, 0.1) is 12.3 Å². The van der Waals surface area contributed by atoms with E-state index in [1.54, 1.807) is 6.92 Å². The lowest BCUT2D eigenvalue weighted by Gasteiger charge is -2.21. The minimum absolute atomic E-state index is 0.191. The van der Waals surface area contributed by atoms with E-state index in [1.165, 1.54) is 0 Å². The van der Waals surface area contributed by atoms with Crippen molar-refractivity contribution in [1.82, 2.24) is 0 Å². The Morgan fingerprint density at radius 3 is 2.54 bits per heavy atom. The molecule has 0 saturated carbocycles. The molecule has 13 heavy (non-hydrogen) atoms. The third-order valence-corrected chi connectivity index (χ3v) is 2.05. The molecule has 0 bridgehead atoms. The highest BCUT2D eigenvalue weighted by molar-refractivity contribution is 5.70. The van der Waals surface area contributed by atoms with E-state index in [0.717, 1.165) is 12.8 Å². The molecule has 0 aromatic carbocycles. The molecule has 0 rings (SSSR count). The van der Waals surface area contributed by atoms with Gasteiger partial charge in [0.1, 0.15) is 0 Å². The predicted molar refractivity (Wildman–Crippen MR) is 53.1 cm³/mol. The SMILES string of the molecule is C#CC(C)(CC)OC(=O)CCCC. The zero-order chi connectivity index (χ0) is 10.3. The molecule has 1 unspecified atom stereocenters. The molecule has 0 heterocycles. The fourth-order valence-corrected chi connectivity index (χ4v) is 0.827. The maximum Gasteiger partial charge on any atom is 0.307 e. The molecule has 0 N–H and O–H groups in total. The summed E-state index contributed by atoms with van der Waals surface area (Å²) in [7, 11) is 0. The minimum atomic E-state index is -0.717. The summed E-state index contributed by atoms with van der Waals surface area (Å²) in [4.78, 5) is 11.2. The molecule has 1 atom stereocenters. The first-order valence-corrected chi connectivity index (χ1v) is 4.77. The number of rotatable bonds is 5. The van der Waals surface area contributed by atoms with Crippen molar-refractivity contribution in [3.63, 3.8) is 0 Å². The van der Waals surface area contributed by atoms with Gasteiger partial charge in [-0.1, -0.05) is 26.2 Å². The molecule has 0 aromatic heterocycles. The molecule has 0 aliphatic heterocycles. The Balaban J connectivity index is 3.97. The molecule has 0 fully saturated rings. The molecule has 0 aliphatic rings. The van der Waals surface area contributed by atoms with E-state index in [-0.39, 0.29) is 5.97 Å². The lowest BCUT2D eigenvalue weighted by Crippen LogP contribution is -2.28. The van der Waals surface area contributed by atoms with Crippen LogP contribution in [0.15, 0.2) is 0 Å². The summed E-state index contributed by atoms with van der Waals surface area (Å²) in [6, 6.07) is 0. The first-order valence-electron chi connectivity index (χ1n) is 4.77. The van der Waals surface area contributed by atoms with Gasteiger partial charge in [0.05, 0.1) is 0 Å². The van der Waals surface area contributed by atoms with Gasteiger partial charge in [-0.05, 0) is 19.8 Å². The lowest BCUT2D eigenvalue weighted by atomic mass is 10.1. The highest BCUT2D eigenvalue weighted by Crippen LogP contribution is 2.15. The Morgan fingerprint density at radius 2 is 2.15 bits per heavy atom. The second-order valence-corrected chi connectivity index (χ2v) is 3.31. The van der Waals surface area contributed by atoms with E-state index in [9.17, 15) is 4.79 Å². The quantitative estimate of drug-likeness (QED) is 0.482. The molecule has 0 spiro atoms. The molecule has 2 heteroatoms. The van der Waals surface area contributed by atoms with Gasteiger partial charge in [0.25, 0.3) is 0 Å². The Bertz CT molecular complexity index is 203. The summed E-state index contributed by atoms with van der Waals surface area (Å²) in [6.45, 7) is 5.71. The Morgan fingerprint density at radius 1 is 1.54 bits per heavy atom. The normalized spacial score (nSPS) is 14.3. The highest BCUT2D eigenvalue weighted by Gasteiger charge is 2.22. The second kappa shape index (κ2) is 5.64. The molecular formula is C11H18O2. The fourth-order valence-electron chi connectivity index (χ4n) is 0.827. The third-order valence-electron chi connectivity index (χ3n) is 2.05. The van der Waals surface area contributed by atoms with Gasteiger partial charge >= 0.3 is 5.97 Å². The van der Waals surface area contributed by atoms with Crippen molar-refractivity contribution in [3.8, 4) is 12.3 Å². The van der Waals surface area contributed by atoms with Gasteiger partial charge in [0, 0.05) is 6.42 Å². The number of carbonyl (C=O) groups is 1. The van der Waals surface area contributed by atoms with Crippen LogP contribution in [0.5, 0.6) is 0 Å². The topological polar surface area (TPSA) is 26.3 Å². The van der Waals surface area contributed by atoms with Crippen LogP contribution in [-0.4, -0.2) is 11.6 Å². The van der Waals surface area contributed by atoms with Gasteiger partial charge in [0.15, 0.2) is 5.60 Å². The summed E-state index contributed by atoms with van der Waals surface area (Å²) >= 11 is 0. The maximum atomic E-state index is 11.2. The Labute approximate surface area is 80.7 Å². The van der Waals surface area contributed by atoms with Gasteiger partial charge in [-0.2, -0.15) is 0 Å². The number of carbonyl (C=O) groups excluding carboxylic acids is 1. The van der Waals surface area contributed by atoms with Crippen molar-refractivity contribution in [2.24, 2.45) is 0 Å². The molecule has 0 aromatic rings. The third kappa shape index (κ3) is 4.57. The van der Waals surface area contributed by atoms with Crippen LogP contribution in [0.2, 0.25) is 0 Å². The number of terminal acetylenes is 1. The van der Waals surface area contributed by atoms with Crippen molar-refractivity contribution in [3.05, 3.63) is 0 Å². The maximum absolute atomic E-state index is 11.2. The average molecular weight is 182 g/mol. The van der Waals surface area contributed by atoms with Gasteiger partial charge < -0.3 is 4.74 Å². The monoisotopic (exact) mass is 182 g/mol. The van der Waals surface area contributed by atoms with E-state index in [2.05, 4.69) is 5.92 Å². The standard InChI is InChI=1S/C11H18O2/c1-5-8-9-10(12)13-11(4,6-2)7-3/h2H,5,7-9H2,1,3-4H3. The molecule has 0 saturated heterocycles. The number of unbranched alkanes of at least 4 members (excludes halogenated alkanes) is 1. The number of hydrogen-bond acceptors (Lipinski definition) is 2. The number of hydrogen-bond donors (Lipinski definition) is 0. The molecule has 0 amide bonds. The van der Waals surface area contributed by atoms with Crippen LogP contribution in [0.25, 0.3) is 0 Å². The smallest absolute Gasteiger partial charge is 0.307 e. The zero-order valence-electron chi connectivity index (χ0n) is 8.72. The molecular weight excluding hydrogens is 164 g/mol. The summed E-state index contributed by atoms with van der Waals surface area (Å²) in [5, 5.41) is 0. The summed E-state index contributed by atoms with van der Waals surface area (Å²) in [5.41, 5.74) is -0.717. The van der Waals surface area contributed by atoms with Gasteiger partial charge in [-0.3, -0.25) is 4.79 Å². The van der Waals surface area contributed by atoms with Gasteiger partial charge in [-0.15, -0.1) is 6.42 Å². The molecule has 0 radical (unpaired) electrons.